The Morgan fingerprint density at radius 3 is 1.46 bits per heavy atom. The minimum absolute atomic E-state index is 0.497. The van der Waals surface area contributed by atoms with E-state index in [-0.39, 0.29) is 0 Å². The van der Waals surface area contributed by atoms with Crippen LogP contribution in [0, 0.1) is 0 Å². The Morgan fingerprint density at radius 2 is 1.00 bits per heavy atom. The van der Waals surface area contributed by atoms with Crippen molar-refractivity contribution in [2.75, 3.05) is 16.5 Å². The molecule has 10 heteroatoms. The molecule has 0 amide bonds. The van der Waals surface area contributed by atoms with Crippen molar-refractivity contribution in [2.45, 2.75) is 13.1 Å². The summed E-state index contributed by atoms with van der Waals surface area (Å²) < 4.78 is 0. The zero-order valence-electron chi connectivity index (χ0n) is 20.2. The fourth-order valence-electron chi connectivity index (χ4n) is 5.66. The van der Waals surface area contributed by atoms with Crippen molar-refractivity contribution in [1.29, 1.82) is 0 Å². The van der Waals surface area contributed by atoms with Gasteiger partial charge in [0.05, 0.1) is 48.8 Å². The fourth-order valence-corrected chi connectivity index (χ4v) is 6.30. The molecule has 2 aliphatic rings. The van der Waals surface area contributed by atoms with Crippen LogP contribution in [0.25, 0.3) is 44.8 Å². The van der Waals surface area contributed by atoms with Crippen LogP contribution in [0.1, 0.15) is 11.1 Å². The molecule has 39 heavy (non-hydrogen) atoms. The van der Waals surface area contributed by atoms with Gasteiger partial charge in [-0.15, -0.1) is 0 Å². The summed E-state index contributed by atoms with van der Waals surface area (Å²) in [5.41, 5.74) is 10.4. The number of fused-ring (bicyclic) bond motifs is 8. The molecular weight excluding hydrogens is 574 g/mol. The third-order valence-electron chi connectivity index (χ3n) is 7.50. The second-order valence-electron chi connectivity index (χ2n) is 9.96. The number of anilines is 2. The van der Waals surface area contributed by atoms with Gasteiger partial charge in [-0.25, -0.2) is 9.97 Å². The van der Waals surface area contributed by atoms with Crippen LogP contribution in [0.5, 0.6) is 0 Å². The van der Waals surface area contributed by atoms with Gasteiger partial charge in [-0.3, -0.25) is 0 Å². The molecule has 0 saturated heterocycles. The summed E-state index contributed by atoms with van der Waals surface area (Å²) in [5, 5.41) is 2.01. The fraction of sp³-hybridized carbons (Fsp3) is 0.103. The maximum Gasteiger partial charge on any atom is 0.138 e. The summed E-state index contributed by atoms with van der Waals surface area (Å²) in [6.07, 6.45) is 0. The lowest BCUT2D eigenvalue weighted by molar-refractivity contribution is 0.651. The first-order valence-corrected chi connectivity index (χ1v) is 13.9. The normalized spacial score (nSPS) is 14.3. The van der Waals surface area contributed by atoms with Gasteiger partial charge >= 0.3 is 0 Å². The first-order chi connectivity index (χ1) is 18.9. The molecule has 0 aliphatic carbocycles. The minimum Gasteiger partial charge on any atom is -0.349 e. The number of H-pyrrole nitrogens is 2. The standard InChI is InChI=1S/C29H18Cl4N6/c30-18-7-22-23(8-19(18)31)35-28(34-22)14-1-3-26-16(5-14)11-39-13-38(26)12-17-6-15(2-4-27(17)39)29-36-24-9-20(32)21(33)10-25(24)37-29/h1-10H,11-13H2,(H,34,35)(H,36,37). The van der Waals surface area contributed by atoms with Crippen molar-refractivity contribution in [1.82, 2.24) is 19.9 Å². The lowest BCUT2D eigenvalue weighted by Gasteiger charge is -2.45. The molecule has 2 aromatic heterocycles. The summed E-state index contributed by atoms with van der Waals surface area (Å²) in [6.45, 7) is 2.47. The Balaban J connectivity index is 1.12. The van der Waals surface area contributed by atoms with Crippen molar-refractivity contribution in [3.05, 3.63) is 91.9 Å². The number of aromatic amines is 2. The van der Waals surface area contributed by atoms with E-state index in [1.165, 1.54) is 22.5 Å². The summed E-state index contributed by atoms with van der Waals surface area (Å²) >= 11 is 24.8. The van der Waals surface area contributed by atoms with E-state index in [1.54, 1.807) is 12.1 Å². The number of imidazole rings is 2. The Morgan fingerprint density at radius 1 is 0.564 bits per heavy atom. The molecule has 6 nitrogen and oxygen atoms in total. The maximum atomic E-state index is 6.20. The number of aromatic nitrogens is 4. The van der Waals surface area contributed by atoms with Crippen molar-refractivity contribution in [2.24, 2.45) is 0 Å². The van der Waals surface area contributed by atoms with E-state index in [1.807, 2.05) is 12.1 Å². The first-order valence-electron chi connectivity index (χ1n) is 12.4. The van der Waals surface area contributed by atoms with Gasteiger partial charge in [-0.1, -0.05) is 46.4 Å². The summed E-state index contributed by atoms with van der Waals surface area (Å²) in [4.78, 5) is 21.1. The molecule has 0 saturated carbocycles. The van der Waals surface area contributed by atoms with Gasteiger partial charge in [-0.2, -0.15) is 0 Å². The highest BCUT2D eigenvalue weighted by Crippen LogP contribution is 2.41. The molecule has 8 rings (SSSR count). The van der Waals surface area contributed by atoms with Gasteiger partial charge in [0.25, 0.3) is 0 Å². The van der Waals surface area contributed by atoms with Crippen LogP contribution in [-0.4, -0.2) is 26.6 Å². The third kappa shape index (κ3) is 3.78. The number of hydrogen-bond acceptors (Lipinski definition) is 4. The van der Waals surface area contributed by atoms with Gasteiger partial charge in [-0.05, 0) is 71.8 Å². The molecule has 0 fully saturated rings. The number of nitrogens with one attached hydrogen (secondary N) is 2. The van der Waals surface area contributed by atoms with Crippen LogP contribution in [0.3, 0.4) is 0 Å². The monoisotopic (exact) mass is 590 g/mol. The van der Waals surface area contributed by atoms with Gasteiger partial charge in [0.1, 0.15) is 11.6 Å². The van der Waals surface area contributed by atoms with Crippen molar-refractivity contribution < 1.29 is 0 Å². The number of rotatable bonds is 2. The number of halogens is 4. The highest BCUT2D eigenvalue weighted by atomic mass is 35.5. The SMILES string of the molecule is Clc1cc2nc(-c3ccc4c(c3)CN3CN4Cc4cc(-c5nc6cc(Cl)c(Cl)cc6[nH]5)ccc43)[nH]c2cc1Cl. The second-order valence-corrected chi connectivity index (χ2v) is 11.6. The van der Waals surface area contributed by atoms with Crippen LogP contribution in [0.4, 0.5) is 11.4 Å². The van der Waals surface area contributed by atoms with Crippen LogP contribution < -0.4 is 9.80 Å². The Labute approximate surface area is 243 Å². The maximum absolute atomic E-state index is 6.20. The topological polar surface area (TPSA) is 63.8 Å². The molecule has 2 N–H and O–H groups in total. The van der Waals surface area contributed by atoms with Crippen LogP contribution >= 0.6 is 46.4 Å². The molecule has 4 heterocycles. The van der Waals surface area contributed by atoms with E-state index in [2.05, 4.69) is 56.2 Å². The molecule has 6 aromatic rings. The van der Waals surface area contributed by atoms with E-state index in [9.17, 15) is 0 Å². The van der Waals surface area contributed by atoms with E-state index >= 15 is 0 Å². The Kier molecular flexibility index (Phi) is 5.14. The average Bonchev–Trinajstić information content (AvgIpc) is 3.52. The molecule has 0 atom stereocenters. The lowest BCUT2D eigenvalue weighted by Crippen LogP contribution is -2.46. The second kappa shape index (κ2) is 8.54. The zero-order chi connectivity index (χ0) is 26.4. The van der Waals surface area contributed by atoms with Crippen LogP contribution in [0.15, 0.2) is 60.7 Å². The minimum atomic E-state index is 0.497. The van der Waals surface area contributed by atoms with E-state index < -0.39 is 0 Å². The molecular formula is C29H18Cl4N6. The van der Waals surface area contributed by atoms with E-state index in [0.29, 0.717) is 20.1 Å². The van der Waals surface area contributed by atoms with Gasteiger partial charge in [0.15, 0.2) is 0 Å². The molecule has 2 aliphatic heterocycles. The Bertz CT molecular complexity index is 1760. The summed E-state index contributed by atoms with van der Waals surface area (Å²) in [6, 6.07) is 20.3. The molecule has 0 radical (unpaired) electrons. The number of nitrogens with zero attached hydrogens (tertiary/aromatic N) is 4. The quantitative estimate of drug-likeness (QED) is 0.211. The van der Waals surface area contributed by atoms with Gasteiger partial charge < -0.3 is 19.8 Å². The molecule has 192 valence electrons. The highest BCUT2D eigenvalue weighted by Gasteiger charge is 2.30. The smallest absolute Gasteiger partial charge is 0.138 e. The molecule has 4 aromatic carbocycles. The van der Waals surface area contributed by atoms with Gasteiger partial charge in [0, 0.05) is 35.6 Å². The summed E-state index contributed by atoms with van der Waals surface area (Å²) in [5.74, 6) is 1.59. The van der Waals surface area contributed by atoms with E-state index in [0.717, 1.165) is 64.6 Å². The van der Waals surface area contributed by atoms with Crippen molar-refractivity contribution in [3.8, 4) is 22.8 Å². The largest absolute Gasteiger partial charge is 0.349 e. The van der Waals surface area contributed by atoms with Crippen molar-refractivity contribution in [3.63, 3.8) is 0 Å². The number of hydrogen-bond donors (Lipinski definition) is 2. The average molecular weight is 592 g/mol. The predicted octanol–water partition coefficient (Wildman–Crippen LogP) is 8.68. The van der Waals surface area contributed by atoms with Crippen LogP contribution in [0.2, 0.25) is 20.1 Å². The molecule has 0 unspecified atom stereocenters. The predicted molar refractivity (Wildman–Crippen MR) is 160 cm³/mol. The van der Waals surface area contributed by atoms with Crippen LogP contribution in [-0.2, 0) is 13.1 Å². The zero-order valence-corrected chi connectivity index (χ0v) is 23.2. The molecule has 2 bridgehead atoms. The highest BCUT2D eigenvalue weighted by molar-refractivity contribution is 6.43. The summed E-state index contributed by atoms with van der Waals surface area (Å²) in [7, 11) is 0. The Hall–Kier alpha value is -3.42. The number of benzene rings is 4. The lowest BCUT2D eigenvalue weighted by atomic mass is 9.98. The van der Waals surface area contributed by atoms with Gasteiger partial charge in [0.2, 0.25) is 0 Å². The third-order valence-corrected chi connectivity index (χ3v) is 8.94. The first kappa shape index (κ1) is 23.5. The van der Waals surface area contributed by atoms with Crippen molar-refractivity contribution >= 4 is 79.8 Å². The van der Waals surface area contributed by atoms with E-state index in [4.69, 9.17) is 56.4 Å². The molecule has 0 spiro atoms.